The molecule has 0 aliphatic carbocycles. The number of carbonyl (C=O) groups excluding carboxylic acids is 2. The fraction of sp³-hybridized carbons (Fsp3) is 0.217. The summed E-state index contributed by atoms with van der Waals surface area (Å²) in [6, 6.07) is 14.9. The molecule has 0 spiro atoms. The van der Waals surface area contributed by atoms with Gasteiger partial charge in [0, 0.05) is 5.56 Å². The zero-order chi connectivity index (χ0) is 22.7. The van der Waals surface area contributed by atoms with Gasteiger partial charge in [-0.05, 0) is 19.1 Å². The van der Waals surface area contributed by atoms with Gasteiger partial charge in [0.15, 0.2) is 0 Å². The minimum Gasteiger partial charge on any atom is -0.466 e. The summed E-state index contributed by atoms with van der Waals surface area (Å²) in [5, 5.41) is 4.09. The number of hydrogen-bond donors (Lipinski definition) is 0. The Morgan fingerprint density at radius 2 is 1.72 bits per heavy atom. The van der Waals surface area contributed by atoms with Crippen molar-refractivity contribution in [2.45, 2.75) is 6.92 Å². The number of para-hydroxylation sites is 1. The Hall–Kier alpha value is -3.98. The molecular weight excluding hydrogens is 414 g/mol. The molecule has 164 valence electrons. The molecule has 0 unspecified atom stereocenters. The van der Waals surface area contributed by atoms with Gasteiger partial charge in [-0.25, -0.2) is 9.59 Å². The van der Waals surface area contributed by atoms with Gasteiger partial charge in [0.1, 0.15) is 12.4 Å². The third-order valence-corrected chi connectivity index (χ3v) is 4.99. The Bertz CT molecular complexity index is 1180. The number of methoxy groups -OCH3 is 2. The van der Waals surface area contributed by atoms with Crippen LogP contribution in [0, 0.1) is 6.92 Å². The zero-order valence-corrected chi connectivity index (χ0v) is 17.8. The van der Waals surface area contributed by atoms with Crippen LogP contribution in [-0.4, -0.2) is 49.6 Å². The molecule has 0 saturated carbocycles. The zero-order valence-electron chi connectivity index (χ0n) is 17.8. The quantitative estimate of drug-likeness (QED) is 0.559. The van der Waals surface area contributed by atoms with Crippen molar-refractivity contribution in [2.24, 2.45) is 0 Å². The van der Waals surface area contributed by atoms with E-state index in [-0.39, 0.29) is 30.5 Å². The summed E-state index contributed by atoms with van der Waals surface area (Å²) in [5.74, 6) is -0.671. The summed E-state index contributed by atoms with van der Waals surface area (Å²) < 4.78 is 20.9. The summed E-state index contributed by atoms with van der Waals surface area (Å²) in [4.78, 5) is 30.9. The highest BCUT2D eigenvalue weighted by molar-refractivity contribution is 6.04. The van der Waals surface area contributed by atoms with Crippen molar-refractivity contribution in [2.75, 3.05) is 32.5 Å². The molecule has 0 saturated heterocycles. The Balaban J connectivity index is 1.79. The smallest absolute Gasteiger partial charge is 0.355 e. The molecule has 1 aromatic heterocycles. The molecule has 0 fully saturated rings. The number of rotatable bonds is 5. The van der Waals surface area contributed by atoms with Crippen LogP contribution in [0.15, 0.2) is 64.3 Å². The van der Waals surface area contributed by atoms with Gasteiger partial charge in [0.05, 0.1) is 37.7 Å². The number of benzene rings is 2. The molecule has 9 nitrogen and oxygen atoms in total. The number of aryl methyl sites for hydroxylation is 1. The molecule has 1 aliphatic rings. The van der Waals surface area contributed by atoms with Crippen molar-refractivity contribution in [3.63, 3.8) is 0 Å². The number of aromatic nitrogens is 2. The maximum Gasteiger partial charge on any atom is 0.355 e. The van der Waals surface area contributed by atoms with Gasteiger partial charge >= 0.3 is 11.9 Å². The number of carbonyl (C=O) groups is 2. The molecule has 4 rings (SSSR count). The fourth-order valence-electron chi connectivity index (χ4n) is 3.38. The summed E-state index contributed by atoms with van der Waals surface area (Å²) in [6.07, 6.45) is 0. The molecule has 1 aliphatic heterocycles. The van der Waals surface area contributed by atoms with Crippen LogP contribution in [0.5, 0.6) is 0 Å². The Morgan fingerprint density at radius 1 is 1.00 bits per heavy atom. The number of ether oxygens (including phenoxy) is 3. The van der Waals surface area contributed by atoms with Gasteiger partial charge in [-0.3, -0.25) is 0 Å². The standard InChI is InChI=1S/C23H21N3O6/c1-14-8-10-15(11-9-14)20-24-21(32-25-20)16-6-4-5-7-18(16)26-13-31-12-17(22(27)29-2)19(26)23(28)30-3/h4-11H,12-13H2,1-3H3. The summed E-state index contributed by atoms with van der Waals surface area (Å²) in [6.45, 7) is 1.94. The van der Waals surface area contributed by atoms with Crippen LogP contribution in [0.3, 0.4) is 0 Å². The van der Waals surface area contributed by atoms with Crippen LogP contribution in [-0.2, 0) is 23.8 Å². The van der Waals surface area contributed by atoms with Crippen LogP contribution in [0.25, 0.3) is 22.8 Å². The predicted molar refractivity (Wildman–Crippen MR) is 114 cm³/mol. The Morgan fingerprint density at radius 3 is 2.44 bits per heavy atom. The molecule has 0 bridgehead atoms. The Kier molecular flexibility index (Phi) is 6.00. The number of anilines is 1. The van der Waals surface area contributed by atoms with E-state index in [2.05, 4.69) is 10.1 Å². The first-order valence-electron chi connectivity index (χ1n) is 9.78. The second-order valence-electron chi connectivity index (χ2n) is 7.02. The van der Waals surface area contributed by atoms with Gasteiger partial charge in [0.25, 0.3) is 5.89 Å². The van der Waals surface area contributed by atoms with Gasteiger partial charge in [-0.2, -0.15) is 4.98 Å². The van der Waals surface area contributed by atoms with E-state index in [0.29, 0.717) is 17.1 Å². The van der Waals surface area contributed by atoms with E-state index in [1.807, 2.05) is 37.3 Å². The van der Waals surface area contributed by atoms with Crippen LogP contribution in [0.4, 0.5) is 5.69 Å². The highest BCUT2D eigenvalue weighted by Crippen LogP contribution is 2.35. The van der Waals surface area contributed by atoms with Gasteiger partial charge in [-0.1, -0.05) is 47.1 Å². The highest BCUT2D eigenvalue weighted by atomic mass is 16.5. The van der Waals surface area contributed by atoms with E-state index in [9.17, 15) is 9.59 Å². The summed E-state index contributed by atoms with van der Waals surface area (Å²) in [7, 11) is 2.48. The van der Waals surface area contributed by atoms with Gasteiger partial charge < -0.3 is 23.6 Å². The van der Waals surface area contributed by atoms with Crippen molar-refractivity contribution in [1.29, 1.82) is 0 Å². The molecule has 0 amide bonds. The maximum absolute atomic E-state index is 12.6. The monoisotopic (exact) mass is 435 g/mol. The van der Waals surface area contributed by atoms with E-state index in [1.165, 1.54) is 19.1 Å². The van der Waals surface area contributed by atoms with Crippen molar-refractivity contribution < 1.29 is 28.3 Å². The predicted octanol–water partition coefficient (Wildman–Crippen LogP) is 3.11. The highest BCUT2D eigenvalue weighted by Gasteiger charge is 2.34. The van der Waals surface area contributed by atoms with E-state index in [4.69, 9.17) is 18.7 Å². The summed E-state index contributed by atoms with van der Waals surface area (Å²) >= 11 is 0. The lowest BCUT2D eigenvalue weighted by Gasteiger charge is -2.32. The molecule has 2 aromatic carbocycles. The number of esters is 2. The third-order valence-electron chi connectivity index (χ3n) is 4.99. The average Bonchev–Trinajstić information content (AvgIpc) is 3.33. The molecule has 3 aromatic rings. The molecule has 2 heterocycles. The van der Waals surface area contributed by atoms with Crippen molar-refractivity contribution in [3.8, 4) is 22.8 Å². The normalized spacial score (nSPS) is 13.8. The average molecular weight is 435 g/mol. The molecule has 0 radical (unpaired) electrons. The SMILES string of the molecule is COC(=O)C1=C(C(=O)OC)N(c2ccccc2-c2nc(-c3ccc(C)cc3)no2)COC1. The van der Waals surface area contributed by atoms with Gasteiger partial charge in [0.2, 0.25) is 5.82 Å². The van der Waals surface area contributed by atoms with E-state index in [1.54, 1.807) is 18.2 Å². The van der Waals surface area contributed by atoms with E-state index < -0.39 is 11.9 Å². The Labute approximate surface area is 184 Å². The second kappa shape index (κ2) is 9.03. The summed E-state index contributed by atoms with van der Waals surface area (Å²) in [5.41, 5.74) is 3.13. The van der Waals surface area contributed by atoms with Crippen LogP contribution in [0.2, 0.25) is 0 Å². The molecule has 9 heteroatoms. The molecular formula is C23H21N3O6. The number of nitrogens with zero attached hydrogens (tertiary/aromatic N) is 3. The molecule has 32 heavy (non-hydrogen) atoms. The van der Waals surface area contributed by atoms with E-state index >= 15 is 0 Å². The van der Waals surface area contributed by atoms with Crippen molar-refractivity contribution in [1.82, 2.24) is 10.1 Å². The minimum atomic E-state index is -0.686. The number of hydrogen-bond acceptors (Lipinski definition) is 9. The maximum atomic E-state index is 12.6. The van der Waals surface area contributed by atoms with Gasteiger partial charge in [-0.15, -0.1) is 0 Å². The lowest BCUT2D eigenvalue weighted by molar-refractivity contribution is -0.140. The van der Waals surface area contributed by atoms with E-state index in [0.717, 1.165) is 11.1 Å². The largest absolute Gasteiger partial charge is 0.466 e. The van der Waals surface area contributed by atoms with Crippen LogP contribution in [0.1, 0.15) is 5.56 Å². The first-order valence-corrected chi connectivity index (χ1v) is 9.78. The topological polar surface area (TPSA) is 104 Å². The van der Waals surface area contributed by atoms with Crippen molar-refractivity contribution >= 4 is 17.6 Å². The first-order chi connectivity index (χ1) is 15.5. The van der Waals surface area contributed by atoms with Crippen LogP contribution >= 0.6 is 0 Å². The second-order valence-corrected chi connectivity index (χ2v) is 7.02. The minimum absolute atomic E-state index is 0.0148. The lowest BCUT2D eigenvalue weighted by atomic mass is 10.1. The third kappa shape index (κ3) is 3.97. The lowest BCUT2D eigenvalue weighted by Crippen LogP contribution is -2.39. The van der Waals surface area contributed by atoms with Crippen LogP contribution < -0.4 is 4.90 Å². The fourth-order valence-corrected chi connectivity index (χ4v) is 3.38. The van der Waals surface area contributed by atoms with Crippen molar-refractivity contribution in [3.05, 3.63) is 65.4 Å². The molecule has 0 atom stereocenters. The molecule has 0 N–H and O–H groups in total. The first kappa shape index (κ1) is 21.3.